The van der Waals surface area contributed by atoms with E-state index in [-0.39, 0.29) is 0 Å². The van der Waals surface area contributed by atoms with Crippen LogP contribution in [0, 0.1) is 0 Å². The van der Waals surface area contributed by atoms with Crippen LogP contribution in [0.4, 0.5) is 0 Å². The van der Waals surface area contributed by atoms with Crippen LogP contribution in [-0.2, 0) is 0 Å². The van der Waals surface area contributed by atoms with Gasteiger partial charge in [-0.2, -0.15) is 0 Å². The van der Waals surface area contributed by atoms with E-state index in [1.54, 1.807) is 0 Å². The highest BCUT2D eigenvalue weighted by atomic mass is 14.1. The zero-order valence-electron chi connectivity index (χ0n) is 7.77. The second-order valence-corrected chi connectivity index (χ2v) is 3.18. The third-order valence-corrected chi connectivity index (χ3v) is 2.22. The lowest BCUT2D eigenvalue weighted by Gasteiger charge is -2.17. The standard InChI is InChI=1S/C12H16/c1-4-6-12-9-10(3)7-8-11(12)5-2/h4-6H,2-3,7-9H2,1H3/b6-4-. The topological polar surface area (TPSA) is 0 Å². The van der Waals surface area contributed by atoms with Crippen LogP contribution in [0.5, 0.6) is 0 Å². The Labute approximate surface area is 75.0 Å². The quantitative estimate of drug-likeness (QED) is 0.539. The van der Waals surface area contributed by atoms with Crippen LogP contribution in [0.3, 0.4) is 0 Å². The van der Waals surface area contributed by atoms with E-state index in [9.17, 15) is 0 Å². The van der Waals surface area contributed by atoms with Crippen LogP contribution in [-0.4, -0.2) is 0 Å². The average Bonchev–Trinajstić information content (AvgIpc) is 2.05. The molecule has 0 nitrogen and oxygen atoms in total. The summed E-state index contributed by atoms with van der Waals surface area (Å²) in [7, 11) is 0. The molecule has 0 fully saturated rings. The van der Waals surface area contributed by atoms with Gasteiger partial charge in [-0.05, 0) is 37.3 Å². The van der Waals surface area contributed by atoms with Crippen LogP contribution in [0.1, 0.15) is 26.2 Å². The summed E-state index contributed by atoms with van der Waals surface area (Å²) in [5, 5.41) is 0. The smallest absolute Gasteiger partial charge is 0.00671 e. The molecule has 1 rings (SSSR count). The zero-order chi connectivity index (χ0) is 8.97. The fraction of sp³-hybridized carbons (Fsp3) is 0.333. The van der Waals surface area contributed by atoms with Gasteiger partial charge in [0.2, 0.25) is 0 Å². The van der Waals surface area contributed by atoms with Gasteiger partial charge < -0.3 is 0 Å². The van der Waals surface area contributed by atoms with Crippen LogP contribution in [0.25, 0.3) is 0 Å². The van der Waals surface area contributed by atoms with Crippen molar-refractivity contribution >= 4 is 0 Å². The van der Waals surface area contributed by atoms with Crippen LogP contribution in [0.2, 0.25) is 0 Å². The minimum Gasteiger partial charge on any atom is -0.0995 e. The fourth-order valence-electron chi connectivity index (χ4n) is 1.54. The van der Waals surface area contributed by atoms with Gasteiger partial charge in [0.1, 0.15) is 0 Å². The molecule has 0 aromatic carbocycles. The van der Waals surface area contributed by atoms with E-state index < -0.39 is 0 Å². The Bertz CT molecular complexity index is 251. The average molecular weight is 160 g/mol. The minimum atomic E-state index is 1.03. The molecule has 1 aliphatic carbocycles. The summed E-state index contributed by atoms with van der Waals surface area (Å²) in [6, 6.07) is 0. The minimum absolute atomic E-state index is 1.03. The van der Waals surface area contributed by atoms with Gasteiger partial charge >= 0.3 is 0 Å². The second kappa shape index (κ2) is 4.10. The van der Waals surface area contributed by atoms with Gasteiger partial charge in [-0.3, -0.25) is 0 Å². The molecule has 0 aliphatic heterocycles. The summed E-state index contributed by atoms with van der Waals surface area (Å²) in [4.78, 5) is 0. The van der Waals surface area contributed by atoms with Crippen LogP contribution in [0.15, 0.2) is 48.1 Å². The normalized spacial score (nSPS) is 18.9. The van der Waals surface area contributed by atoms with Gasteiger partial charge in [-0.25, -0.2) is 0 Å². The van der Waals surface area contributed by atoms with E-state index in [0.29, 0.717) is 0 Å². The molecular weight excluding hydrogens is 144 g/mol. The molecule has 0 aromatic rings. The number of hydrogen-bond acceptors (Lipinski definition) is 0. The molecule has 0 aromatic heterocycles. The lowest BCUT2D eigenvalue weighted by Crippen LogP contribution is -1.98. The molecule has 64 valence electrons. The lowest BCUT2D eigenvalue weighted by atomic mass is 9.88. The van der Waals surface area contributed by atoms with E-state index in [2.05, 4.69) is 25.3 Å². The Morgan fingerprint density at radius 1 is 1.25 bits per heavy atom. The third kappa shape index (κ3) is 1.97. The van der Waals surface area contributed by atoms with Crippen LogP contribution >= 0.6 is 0 Å². The van der Waals surface area contributed by atoms with Gasteiger partial charge in [-0.1, -0.05) is 37.0 Å². The molecule has 0 heterocycles. The first-order chi connectivity index (χ1) is 5.77. The summed E-state index contributed by atoms with van der Waals surface area (Å²) < 4.78 is 0. The van der Waals surface area contributed by atoms with Crippen molar-refractivity contribution in [3.8, 4) is 0 Å². The van der Waals surface area contributed by atoms with E-state index in [4.69, 9.17) is 0 Å². The van der Waals surface area contributed by atoms with Crippen molar-refractivity contribution in [2.75, 3.05) is 0 Å². The summed E-state index contributed by atoms with van der Waals surface area (Å²) >= 11 is 0. The van der Waals surface area contributed by atoms with Crippen molar-refractivity contribution in [2.45, 2.75) is 26.2 Å². The van der Waals surface area contributed by atoms with E-state index in [1.807, 2.05) is 13.0 Å². The molecular formula is C12H16. The Hall–Kier alpha value is -1.04. The number of allylic oxidation sites excluding steroid dienone is 6. The molecule has 0 bridgehead atoms. The maximum Gasteiger partial charge on any atom is -0.00671 e. The monoisotopic (exact) mass is 160 g/mol. The molecule has 0 unspecified atom stereocenters. The summed E-state index contributed by atoms with van der Waals surface area (Å²) in [6.45, 7) is 9.88. The van der Waals surface area contributed by atoms with Crippen molar-refractivity contribution in [1.82, 2.24) is 0 Å². The SMILES string of the molecule is C=CC1=C(/C=C\C)CC(=C)CC1. The Morgan fingerprint density at radius 3 is 2.58 bits per heavy atom. The highest BCUT2D eigenvalue weighted by molar-refractivity contribution is 5.38. The first kappa shape index (κ1) is 9.05. The number of hydrogen-bond donors (Lipinski definition) is 0. The molecule has 0 N–H and O–H groups in total. The van der Waals surface area contributed by atoms with Gasteiger partial charge in [0.05, 0.1) is 0 Å². The van der Waals surface area contributed by atoms with Crippen molar-refractivity contribution in [3.63, 3.8) is 0 Å². The molecule has 0 saturated carbocycles. The highest BCUT2D eigenvalue weighted by Gasteiger charge is 2.09. The highest BCUT2D eigenvalue weighted by Crippen LogP contribution is 2.29. The lowest BCUT2D eigenvalue weighted by molar-refractivity contribution is 0.850. The van der Waals surface area contributed by atoms with Crippen molar-refractivity contribution in [1.29, 1.82) is 0 Å². The first-order valence-corrected chi connectivity index (χ1v) is 4.41. The van der Waals surface area contributed by atoms with Crippen molar-refractivity contribution in [3.05, 3.63) is 48.1 Å². The van der Waals surface area contributed by atoms with E-state index in [0.717, 1.165) is 19.3 Å². The summed E-state index contributed by atoms with van der Waals surface area (Å²) in [5.41, 5.74) is 4.12. The molecule has 12 heavy (non-hydrogen) atoms. The molecule has 0 radical (unpaired) electrons. The zero-order valence-corrected chi connectivity index (χ0v) is 7.77. The van der Waals surface area contributed by atoms with Crippen molar-refractivity contribution < 1.29 is 0 Å². The maximum atomic E-state index is 4.01. The fourth-order valence-corrected chi connectivity index (χ4v) is 1.54. The largest absolute Gasteiger partial charge is 0.0995 e. The number of rotatable bonds is 2. The Morgan fingerprint density at radius 2 is 2.00 bits per heavy atom. The molecule has 0 saturated heterocycles. The first-order valence-electron chi connectivity index (χ1n) is 4.41. The molecule has 1 aliphatic rings. The van der Waals surface area contributed by atoms with Gasteiger partial charge in [0.25, 0.3) is 0 Å². The Kier molecular flexibility index (Phi) is 3.09. The van der Waals surface area contributed by atoms with E-state index >= 15 is 0 Å². The molecule has 0 amide bonds. The predicted octanol–water partition coefficient (Wildman–Crippen LogP) is 3.79. The van der Waals surface area contributed by atoms with Gasteiger partial charge in [0.15, 0.2) is 0 Å². The van der Waals surface area contributed by atoms with Gasteiger partial charge in [0, 0.05) is 0 Å². The Balaban J connectivity index is 2.91. The second-order valence-electron chi connectivity index (χ2n) is 3.18. The van der Waals surface area contributed by atoms with Crippen molar-refractivity contribution in [2.24, 2.45) is 0 Å². The summed E-state index contributed by atoms with van der Waals surface area (Å²) in [6.07, 6.45) is 9.50. The predicted molar refractivity (Wildman–Crippen MR) is 55.0 cm³/mol. The third-order valence-electron chi connectivity index (χ3n) is 2.22. The van der Waals surface area contributed by atoms with Crippen LogP contribution < -0.4 is 0 Å². The molecule has 0 atom stereocenters. The maximum absolute atomic E-state index is 4.01. The van der Waals surface area contributed by atoms with Gasteiger partial charge in [-0.15, -0.1) is 0 Å². The molecule has 0 heteroatoms. The molecule has 0 spiro atoms. The summed E-state index contributed by atoms with van der Waals surface area (Å²) in [5.74, 6) is 0. The van der Waals surface area contributed by atoms with E-state index in [1.165, 1.54) is 16.7 Å².